The molecule has 0 spiro atoms. The van der Waals surface area contributed by atoms with Crippen LogP contribution in [0.1, 0.15) is 36.0 Å². The van der Waals surface area contributed by atoms with Gasteiger partial charge in [-0.25, -0.2) is 0 Å². The summed E-state index contributed by atoms with van der Waals surface area (Å²) in [7, 11) is 0. The number of aromatic nitrogens is 1. The van der Waals surface area contributed by atoms with Crippen molar-refractivity contribution in [2.45, 2.75) is 38.6 Å². The minimum absolute atomic E-state index is 0.893. The molecule has 3 heteroatoms. The summed E-state index contributed by atoms with van der Waals surface area (Å²) in [6, 6.07) is 23.8. The van der Waals surface area contributed by atoms with E-state index in [9.17, 15) is 0 Å². The Kier molecular flexibility index (Phi) is 7.80. The number of aryl methyl sites for hydroxylation is 1. The predicted molar refractivity (Wildman–Crippen MR) is 118 cm³/mol. The molecule has 0 saturated carbocycles. The summed E-state index contributed by atoms with van der Waals surface area (Å²) < 4.78 is 0. The summed E-state index contributed by atoms with van der Waals surface area (Å²) in [6.45, 7) is 1.87. The Morgan fingerprint density at radius 2 is 1.43 bits per heavy atom. The van der Waals surface area contributed by atoms with E-state index in [1.165, 1.54) is 28.6 Å². The number of hydrogen-bond acceptors (Lipinski definition) is 3. The quantitative estimate of drug-likeness (QED) is 0.347. The van der Waals surface area contributed by atoms with Crippen LogP contribution in [0, 0.1) is 5.41 Å². The molecule has 0 aliphatic carbocycles. The van der Waals surface area contributed by atoms with Gasteiger partial charge in [-0.15, -0.1) is 0 Å². The molecule has 3 aromatic rings. The van der Waals surface area contributed by atoms with E-state index in [0.29, 0.717) is 0 Å². The van der Waals surface area contributed by atoms with Gasteiger partial charge in [0.15, 0.2) is 0 Å². The summed E-state index contributed by atoms with van der Waals surface area (Å²) >= 11 is 0. The van der Waals surface area contributed by atoms with Crippen LogP contribution in [-0.4, -0.2) is 17.7 Å². The fourth-order valence-electron chi connectivity index (χ4n) is 3.37. The number of unbranched alkanes of at least 4 members (excludes halogenated alkanes) is 2. The second kappa shape index (κ2) is 11.0. The van der Waals surface area contributed by atoms with Crippen molar-refractivity contribution in [2.75, 3.05) is 11.4 Å². The predicted octanol–water partition coefficient (Wildman–Crippen LogP) is 5.69. The van der Waals surface area contributed by atoms with E-state index in [4.69, 9.17) is 5.41 Å². The molecule has 28 heavy (non-hydrogen) atoms. The second-order valence-corrected chi connectivity index (χ2v) is 7.13. The molecule has 1 N–H and O–H groups in total. The average Bonchev–Trinajstić information content (AvgIpc) is 2.76. The van der Waals surface area contributed by atoms with Crippen molar-refractivity contribution in [3.8, 4) is 0 Å². The highest BCUT2D eigenvalue weighted by molar-refractivity contribution is 5.52. The Morgan fingerprint density at radius 3 is 2.11 bits per heavy atom. The second-order valence-electron chi connectivity index (χ2n) is 7.13. The topological polar surface area (TPSA) is 40.0 Å². The molecule has 0 radical (unpaired) electrons. The van der Waals surface area contributed by atoms with Gasteiger partial charge >= 0.3 is 0 Å². The van der Waals surface area contributed by atoms with Gasteiger partial charge in [0.1, 0.15) is 0 Å². The van der Waals surface area contributed by atoms with Crippen LogP contribution in [0.2, 0.25) is 0 Å². The first-order valence-corrected chi connectivity index (χ1v) is 10.1. The van der Waals surface area contributed by atoms with Crippen LogP contribution < -0.4 is 4.90 Å². The third-order valence-electron chi connectivity index (χ3n) is 5.00. The molecule has 0 amide bonds. The molecule has 0 aliphatic heterocycles. The van der Waals surface area contributed by atoms with Gasteiger partial charge in [0.05, 0.1) is 0 Å². The van der Waals surface area contributed by atoms with Crippen molar-refractivity contribution in [1.29, 1.82) is 5.41 Å². The Labute approximate surface area is 168 Å². The SMILES string of the molecule is N=CCCCCc1ccc(CCN(Cc2ccccc2)c2ccncc2)cc1. The standard InChI is InChI=1S/C25H29N3/c26-17-6-2-5-7-22-10-12-23(13-11-22)16-20-28(25-14-18-27-19-15-25)21-24-8-3-1-4-9-24/h1,3-4,8-15,17-19,26H,2,5-7,16,20-21H2. The van der Waals surface area contributed by atoms with E-state index < -0.39 is 0 Å². The summed E-state index contributed by atoms with van der Waals surface area (Å²) in [5.74, 6) is 0. The summed E-state index contributed by atoms with van der Waals surface area (Å²) in [4.78, 5) is 6.58. The molecule has 1 heterocycles. The number of pyridine rings is 1. The zero-order chi connectivity index (χ0) is 19.4. The number of hydrogen-bond donors (Lipinski definition) is 1. The maximum Gasteiger partial charge on any atom is 0.0429 e. The summed E-state index contributed by atoms with van der Waals surface area (Å²) in [5.41, 5.74) is 5.29. The number of rotatable bonds is 11. The molecular weight excluding hydrogens is 342 g/mol. The van der Waals surface area contributed by atoms with Gasteiger partial charge in [-0.1, -0.05) is 54.6 Å². The van der Waals surface area contributed by atoms with E-state index in [2.05, 4.69) is 76.6 Å². The van der Waals surface area contributed by atoms with Crippen LogP contribution in [0.15, 0.2) is 79.1 Å². The minimum Gasteiger partial charge on any atom is -0.367 e. The number of nitrogens with zero attached hydrogens (tertiary/aromatic N) is 2. The number of benzene rings is 2. The van der Waals surface area contributed by atoms with E-state index in [1.807, 2.05) is 12.4 Å². The summed E-state index contributed by atoms with van der Waals surface area (Å²) in [6.07, 6.45) is 10.5. The summed E-state index contributed by atoms with van der Waals surface area (Å²) in [5, 5.41) is 7.10. The molecule has 0 atom stereocenters. The van der Waals surface area contributed by atoms with Gasteiger partial charge in [0, 0.05) is 31.2 Å². The highest BCUT2D eigenvalue weighted by Crippen LogP contribution is 2.17. The highest BCUT2D eigenvalue weighted by Gasteiger charge is 2.08. The lowest BCUT2D eigenvalue weighted by molar-refractivity contribution is 0.763. The van der Waals surface area contributed by atoms with Crippen molar-refractivity contribution in [1.82, 2.24) is 4.98 Å². The molecule has 0 fully saturated rings. The normalized spacial score (nSPS) is 10.6. The minimum atomic E-state index is 0.893. The zero-order valence-corrected chi connectivity index (χ0v) is 16.4. The lowest BCUT2D eigenvalue weighted by Gasteiger charge is -2.25. The first kappa shape index (κ1) is 19.8. The Morgan fingerprint density at radius 1 is 0.750 bits per heavy atom. The number of anilines is 1. The van der Waals surface area contributed by atoms with Crippen LogP contribution in [0.3, 0.4) is 0 Å². The molecule has 0 unspecified atom stereocenters. The van der Waals surface area contributed by atoms with Crippen LogP contribution in [0.4, 0.5) is 5.69 Å². The number of nitrogens with one attached hydrogen (secondary N) is 1. The zero-order valence-electron chi connectivity index (χ0n) is 16.4. The monoisotopic (exact) mass is 371 g/mol. The van der Waals surface area contributed by atoms with Gasteiger partial charge in [-0.2, -0.15) is 0 Å². The van der Waals surface area contributed by atoms with E-state index >= 15 is 0 Å². The van der Waals surface area contributed by atoms with Gasteiger partial charge in [0.25, 0.3) is 0 Å². The highest BCUT2D eigenvalue weighted by atomic mass is 15.1. The molecule has 2 aromatic carbocycles. The van der Waals surface area contributed by atoms with Crippen molar-refractivity contribution < 1.29 is 0 Å². The molecule has 1 aromatic heterocycles. The Hall–Kier alpha value is -2.94. The fraction of sp³-hybridized carbons (Fsp3) is 0.280. The van der Waals surface area contributed by atoms with Gasteiger partial charge < -0.3 is 10.3 Å². The molecule has 0 bridgehead atoms. The van der Waals surface area contributed by atoms with Crippen LogP contribution in [-0.2, 0) is 19.4 Å². The smallest absolute Gasteiger partial charge is 0.0429 e. The maximum atomic E-state index is 7.10. The third kappa shape index (κ3) is 6.34. The third-order valence-corrected chi connectivity index (χ3v) is 5.00. The largest absolute Gasteiger partial charge is 0.367 e. The van der Waals surface area contributed by atoms with Gasteiger partial charge in [-0.05, 0) is 67.1 Å². The van der Waals surface area contributed by atoms with Gasteiger partial charge in [0.2, 0.25) is 0 Å². The Balaban J connectivity index is 1.59. The lowest BCUT2D eigenvalue weighted by atomic mass is 10.0. The molecule has 3 nitrogen and oxygen atoms in total. The van der Waals surface area contributed by atoms with E-state index in [0.717, 1.165) is 45.2 Å². The first-order chi connectivity index (χ1) is 13.8. The lowest BCUT2D eigenvalue weighted by Crippen LogP contribution is -2.25. The molecule has 3 rings (SSSR count). The fourth-order valence-corrected chi connectivity index (χ4v) is 3.37. The Bertz CT molecular complexity index is 813. The molecular formula is C25H29N3. The molecule has 0 aliphatic rings. The average molecular weight is 372 g/mol. The first-order valence-electron chi connectivity index (χ1n) is 10.1. The van der Waals surface area contributed by atoms with Crippen molar-refractivity contribution in [3.05, 3.63) is 95.8 Å². The maximum absolute atomic E-state index is 7.10. The van der Waals surface area contributed by atoms with Crippen molar-refractivity contribution in [3.63, 3.8) is 0 Å². The van der Waals surface area contributed by atoms with Crippen molar-refractivity contribution in [2.24, 2.45) is 0 Å². The van der Waals surface area contributed by atoms with Crippen LogP contribution in [0.25, 0.3) is 0 Å². The van der Waals surface area contributed by atoms with Crippen molar-refractivity contribution >= 4 is 11.9 Å². The van der Waals surface area contributed by atoms with E-state index in [-0.39, 0.29) is 0 Å². The molecule has 144 valence electrons. The van der Waals surface area contributed by atoms with Gasteiger partial charge in [-0.3, -0.25) is 4.98 Å². The molecule has 0 saturated heterocycles. The van der Waals surface area contributed by atoms with E-state index in [1.54, 1.807) is 0 Å². The van der Waals surface area contributed by atoms with Crippen LogP contribution >= 0.6 is 0 Å². The van der Waals surface area contributed by atoms with Crippen LogP contribution in [0.5, 0.6) is 0 Å².